The van der Waals surface area contributed by atoms with Gasteiger partial charge in [0.25, 0.3) is 0 Å². The molecule has 2 rings (SSSR count). The molecule has 6 nitrogen and oxygen atoms in total. The van der Waals surface area contributed by atoms with Crippen molar-refractivity contribution < 1.29 is 13.2 Å². The third kappa shape index (κ3) is 4.18. The van der Waals surface area contributed by atoms with Gasteiger partial charge in [0.2, 0.25) is 0 Å². The predicted octanol–water partition coefficient (Wildman–Crippen LogP) is 2.33. The Balaban J connectivity index is 2.11. The zero-order valence-corrected chi connectivity index (χ0v) is 14.0. The fourth-order valence-electron chi connectivity index (χ4n) is 2.27. The number of nitrogens with zero attached hydrogens (tertiary/aromatic N) is 3. The molecule has 0 aliphatic carbocycles. The number of aryl methyl sites for hydroxylation is 1. The lowest BCUT2D eigenvalue weighted by Crippen LogP contribution is -2.16. The number of hydrogen-bond donors (Lipinski definition) is 0. The monoisotopic (exact) mass is 333 g/mol. The highest BCUT2D eigenvalue weighted by atomic mass is 32.2. The van der Waals surface area contributed by atoms with Gasteiger partial charge in [-0.25, -0.2) is 13.4 Å². The van der Waals surface area contributed by atoms with Gasteiger partial charge in [-0.15, -0.1) is 0 Å². The van der Waals surface area contributed by atoms with Crippen molar-refractivity contribution in [2.75, 3.05) is 12.4 Å². The van der Waals surface area contributed by atoms with Crippen LogP contribution in [0.5, 0.6) is 0 Å². The van der Waals surface area contributed by atoms with Gasteiger partial charge in [-0.05, 0) is 38.1 Å². The van der Waals surface area contributed by atoms with Crippen LogP contribution in [0.15, 0.2) is 41.6 Å². The van der Waals surface area contributed by atoms with Gasteiger partial charge in [-0.2, -0.15) is 5.26 Å². The maximum atomic E-state index is 12.4. The smallest absolute Gasteiger partial charge is 0.180 e. The molecular formula is C16H19N3O3S. The summed E-state index contributed by atoms with van der Waals surface area (Å²) < 4.78 is 32.1. The van der Waals surface area contributed by atoms with E-state index in [1.807, 2.05) is 19.9 Å². The van der Waals surface area contributed by atoms with Crippen molar-refractivity contribution in [3.05, 3.63) is 48.0 Å². The molecule has 0 saturated heterocycles. The molecule has 23 heavy (non-hydrogen) atoms. The van der Waals surface area contributed by atoms with Crippen LogP contribution in [-0.2, 0) is 21.1 Å². The van der Waals surface area contributed by atoms with Crippen LogP contribution >= 0.6 is 0 Å². The second-order valence-electron chi connectivity index (χ2n) is 5.03. The SMILES string of the molecule is CCOC(C)c1nccn1CCS(=O)(=O)c1ccc(C#N)cc1. The first-order chi connectivity index (χ1) is 11.0. The van der Waals surface area contributed by atoms with Gasteiger partial charge in [0.1, 0.15) is 11.9 Å². The minimum Gasteiger partial charge on any atom is -0.371 e. The van der Waals surface area contributed by atoms with Gasteiger partial charge < -0.3 is 9.30 Å². The number of rotatable bonds is 7. The molecule has 1 atom stereocenters. The molecule has 0 aliphatic rings. The van der Waals surface area contributed by atoms with Gasteiger partial charge >= 0.3 is 0 Å². The van der Waals surface area contributed by atoms with Crippen molar-refractivity contribution in [2.45, 2.75) is 31.4 Å². The number of ether oxygens (including phenoxy) is 1. The first-order valence-corrected chi connectivity index (χ1v) is 8.98. The van der Waals surface area contributed by atoms with Crippen LogP contribution in [0.1, 0.15) is 31.3 Å². The molecule has 2 aromatic rings. The van der Waals surface area contributed by atoms with E-state index in [0.29, 0.717) is 24.5 Å². The van der Waals surface area contributed by atoms with E-state index in [2.05, 4.69) is 4.98 Å². The molecule has 0 spiro atoms. The van der Waals surface area contributed by atoms with Gasteiger partial charge in [0.15, 0.2) is 9.84 Å². The Morgan fingerprint density at radius 3 is 2.65 bits per heavy atom. The minimum atomic E-state index is -3.41. The highest BCUT2D eigenvalue weighted by Gasteiger charge is 2.17. The molecule has 0 fully saturated rings. The Morgan fingerprint density at radius 2 is 2.04 bits per heavy atom. The summed E-state index contributed by atoms with van der Waals surface area (Å²) >= 11 is 0. The number of imidazole rings is 1. The van der Waals surface area contributed by atoms with Gasteiger partial charge in [0, 0.05) is 25.5 Å². The molecule has 0 saturated carbocycles. The maximum absolute atomic E-state index is 12.4. The van der Waals surface area contributed by atoms with E-state index in [0.717, 1.165) is 0 Å². The zero-order chi connectivity index (χ0) is 16.9. The highest BCUT2D eigenvalue weighted by Crippen LogP contribution is 2.16. The first-order valence-electron chi connectivity index (χ1n) is 7.33. The lowest BCUT2D eigenvalue weighted by atomic mass is 10.2. The standard InChI is InChI=1S/C16H19N3O3S/c1-3-22-13(2)16-18-8-9-19(16)10-11-23(20,21)15-6-4-14(12-17)5-7-15/h4-9,13H,3,10-11H2,1-2H3. The van der Waals surface area contributed by atoms with Crippen LogP contribution in [-0.4, -0.2) is 30.3 Å². The molecule has 0 amide bonds. The van der Waals surface area contributed by atoms with Crippen molar-refractivity contribution in [1.82, 2.24) is 9.55 Å². The van der Waals surface area contributed by atoms with Crippen molar-refractivity contribution in [3.8, 4) is 6.07 Å². The number of nitriles is 1. The molecule has 1 aromatic carbocycles. The molecule has 0 aliphatic heterocycles. The van der Waals surface area contributed by atoms with E-state index >= 15 is 0 Å². The quantitative estimate of drug-likeness (QED) is 0.776. The van der Waals surface area contributed by atoms with E-state index in [-0.39, 0.29) is 16.8 Å². The molecule has 1 unspecified atom stereocenters. The second kappa shape index (κ2) is 7.40. The molecule has 0 bridgehead atoms. The first kappa shape index (κ1) is 17.2. The molecule has 7 heteroatoms. The predicted molar refractivity (Wildman–Crippen MR) is 85.5 cm³/mol. The van der Waals surface area contributed by atoms with Crippen molar-refractivity contribution >= 4 is 9.84 Å². The highest BCUT2D eigenvalue weighted by molar-refractivity contribution is 7.91. The summed E-state index contributed by atoms with van der Waals surface area (Å²) in [7, 11) is -3.41. The summed E-state index contributed by atoms with van der Waals surface area (Å²) in [5, 5.41) is 8.76. The summed E-state index contributed by atoms with van der Waals surface area (Å²) in [6, 6.07) is 7.91. The summed E-state index contributed by atoms with van der Waals surface area (Å²) in [5.74, 6) is 0.670. The van der Waals surface area contributed by atoms with Crippen molar-refractivity contribution in [1.29, 1.82) is 5.26 Å². The average molecular weight is 333 g/mol. The summed E-state index contributed by atoms with van der Waals surface area (Å²) in [6.45, 7) is 4.66. The summed E-state index contributed by atoms with van der Waals surface area (Å²) in [4.78, 5) is 4.46. The van der Waals surface area contributed by atoms with Crippen LogP contribution in [0.25, 0.3) is 0 Å². The minimum absolute atomic E-state index is 0.0406. The molecule has 1 heterocycles. The zero-order valence-electron chi connectivity index (χ0n) is 13.1. The fraction of sp³-hybridized carbons (Fsp3) is 0.375. The number of hydrogen-bond acceptors (Lipinski definition) is 5. The van der Waals surface area contributed by atoms with Gasteiger partial charge in [0.05, 0.1) is 22.3 Å². The number of benzene rings is 1. The Morgan fingerprint density at radius 1 is 1.35 bits per heavy atom. The second-order valence-corrected chi connectivity index (χ2v) is 7.14. The van der Waals surface area contributed by atoms with Crippen LogP contribution in [0.4, 0.5) is 0 Å². The largest absolute Gasteiger partial charge is 0.371 e. The Kier molecular flexibility index (Phi) is 5.53. The van der Waals surface area contributed by atoms with E-state index in [9.17, 15) is 8.42 Å². The topological polar surface area (TPSA) is 85.0 Å². The van der Waals surface area contributed by atoms with Crippen LogP contribution < -0.4 is 0 Å². The Bertz CT molecular complexity index is 789. The van der Waals surface area contributed by atoms with E-state index in [1.54, 1.807) is 17.0 Å². The lowest BCUT2D eigenvalue weighted by molar-refractivity contribution is 0.0676. The van der Waals surface area contributed by atoms with Crippen molar-refractivity contribution in [2.24, 2.45) is 0 Å². The molecule has 0 radical (unpaired) electrons. The Hall–Kier alpha value is -2.17. The molecule has 0 N–H and O–H groups in total. The molecule has 1 aromatic heterocycles. The molecule has 122 valence electrons. The normalized spacial score (nSPS) is 12.7. The fourth-order valence-corrected chi connectivity index (χ4v) is 3.49. The third-order valence-electron chi connectivity index (χ3n) is 3.47. The third-order valence-corrected chi connectivity index (χ3v) is 5.18. The van der Waals surface area contributed by atoms with Crippen LogP contribution in [0.2, 0.25) is 0 Å². The molecular weight excluding hydrogens is 314 g/mol. The summed E-state index contributed by atoms with van der Waals surface area (Å²) in [6.07, 6.45) is 3.20. The van der Waals surface area contributed by atoms with E-state index in [1.165, 1.54) is 24.3 Å². The van der Waals surface area contributed by atoms with E-state index < -0.39 is 9.84 Å². The number of sulfone groups is 1. The van der Waals surface area contributed by atoms with E-state index in [4.69, 9.17) is 10.00 Å². The van der Waals surface area contributed by atoms with Crippen molar-refractivity contribution in [3.63, 3.8) is 0 Å². The lowest BCUT2D eigenvalue weighted by Gasteiger charge is -2.14. The van der Waals surface area contributed by atoms with Crippen LogP contribution in [0.3, 0.4) is 0 Å². The van der Waals surface area contributed by atoms with Crippen LogP contribution in [0, 0.1) is 11.3 Å². The van der Waals surface area contributed by atoms with Gasteiger partial charge in [-0.1, -0.05) is 0 Å². The maximum Gasteiger partial charge on any atom is 0.180 e. The average Bonchev–Trinajstić information content (AvgIpc) is 3.02. The van der Waals surface area contributed by atoms with Gasteiger partial charge in [-0.3, -0.25) is 0 Å². The number of aromatic nitrogens is 2. The summed E-state index contributed by atoms with van der Waals surface area (Å²) in [5.41, 5.74) is 0.436. The Labute approximate surface area is 136 Å².